The van der Waals surface area contributed by atoms with Gasteiger partial charge in [0.25, 0.3) is 0 Å². The van der Waals surface area contributed by atoms with Gasteiger partial charge < -0.3 is 10.1 Å². The molecule has 0 aliphatic carbocycles. The zero-order valence-electron chi connectivity index (χ0n) is 10.5. The predicted molar refractivity (Wildman–Crippen MR) is 63.6 cm³/mol. The largest absolute Gasteiger partial charge is 0.315 e. The Labute approximate surface area is 89.5 Å². The van der Waals surface area contributed by atoms with E-state index in [1.54, 1.807) is 6.92 Å². The van der Waals surface area contributed by atoms with Crippen molar-refractivity contribution in [3.8, 4) is 0 Å². The number of carbonyl (C=O) groups excluding carboxylic acids is 1. The van der Waals surface area contributed by atoms with E-state index < -0.39 is 0 Å². The van der Waals surface area contributed by atoms with Crippen molar-refractivity contribution < 1.29 is 4.79 Å². The molecule has 0 aromatic carbocycles. The third-order valence-corrected chi connectivity index (χ3v) is 1.76. The molecule has 0 aromatic heterocycles. The van der Waals surface area contributed by atoms with Gasteiger partial charge in [0.2, 0.25) is 0 Å². The fourth-order valence-electron chi connectivity index (χ4n) is 1.07. The Morgan fingerprint density at radius 1 is 1.14 bits per heavy atom. The molecule has 0 aromatic rings. The van der Waals surface area contributed by atoms with Crippen LogP contribution < -0.4 is 5.32 Å². The van der Waals surface area contributed by atoms with Crippen LogP contribution in [0.25, 0.3) is 0 Å². The van der Waals surface area contributed by atoms with Crippen molar-refractivity contribution in [2.24, 2.45) is 0 Å². The van der Waals surface area contributed by atoms with Crippen molar-refractivity contribution >= 4 is 5.78 Å². The van der Waals surface area contributed by atoms with Gasteiger partial charge in [-0.2, -0.15) is 0 Å². The Hall–Kier alpha value is -0.370. The van der Waals surface area contributed by atoms with Gasteiger partial charge in [-0.05, 0) is 26.3 Å². The van der Waals surface area contributed by atoms with Crippen LogP contribution in [0.1, 0.15) is 60.3 Å². The molecule has 0 radical (unpaired) electrons. The van der Waals surface area contributed by atoms with E-state index in [0.29, 0.717) is 11.8 Å². The summed E-state index contributed by atoms with van der Waals surface area (Å²) in [7, 11) is 0. The van der Waals surface area contributed by atoms with Crippen molar-refractivity contribution in [3.63, 3.8) is 0 Å². The summed E-state index contributed by atoms with van der Waals surface area (Å²) in [5, 5.41) is 3.35. The lowest BCUT2D eigenvalue weighted by molar-refractivity contribution is -0.117. The van der Waals surface area contributed by atoms with Crippen LogP contribution in [0.5, 0.6) is 0 Å². The quantitative estimate of drug-likeness (QED) is 0.641. The molecule has 0 saturated carbocycles. The molecule has 0 saturated heterocycles. The molecule has 0 fully saturated rings. The Morgan fingerprint density at radius 3 is 2.14 bits per heavy atom. The first kappa shape index (κ1) is 16.1. The Morgan fingerprint density at radius 2 is 1.71 bits per heavy atom. The molecule has 0 atom stereocenters. The molecule has 0 aliphatic rings. The average Bonchev–Trinajstić information content (AvgIpc) is 2.13. The Balaban J connectivity index is 0. The van der Waals surface area contributed by atoms with Crippen LogP contribution >= 0.6 is 0 Å². The average molecular weight is 201 g/mol. The number of nitrogens with one attached hydrogen (secondary N) is 1. The van der Waals surface area contributed by atoms with Gasteiger partial charge >= 0.3 is 0 Å². The van der Waals surface area contributed by atoms with Crippen molar-refractivity contribution in [2.45, 2.75) is 66.3 Å². The van der Waals surface area contributed by atoms with E-state index >= 15 is 0 Å². The van der Waals surface area contributed by atoms with Crippen LogP contribution in [-0.4, -0.2) is 18.4 Å². The van der Waals surface area contributed by atoms with Crippen molar-refractivity contribution in [1.29, 1.82) is 0 Å². The SMILES string of the molecule is CC.CC(=O)CCCCCNC(C)C. The molecule has 1 N–H and O–H groups in total. The molecule has 0 rings (SSSR count). The van der Waals surface area contributed by atoms with E-state index in [0.717, 1.165) is 19.4 Å². The third kappa shape index (κ3) is 17.6. The molecule has 0 spiro atoms. The van der Waals surface area contributed by atoms with E-state index in [4.69, 9.17) is 0 Å². The molecular formula is C12H27NO. The second-order valence-corrected chi connectivity index (χ2v) is 3.62. The molecule has 0 amide bonds. The maximum Gasteiger partial charge on any atom is 0.129 e. The fraction of sp³-hybridized carbons (Fsp3) is 0.917. The maximum absolute atomic E-state index is 10.6. The fourth-order valence-corrected chi connectivity index (χ4v) is 1.07. The van der Waals surface area contributed by atoms with Gasteiger partial charge in [0.15, 0.2) is 0 Å². The lowest BCUT2D eigenvalue weighted by atomic mass is 10.1. The standard InChI is InChI=1S/C10H21NO.C2H6/c1-9(2)11-8-6-4-5-7-10(3)12;1-2/h9,11H,4-8H2,1-3H3;1-2H3. The number of unbranched alkanes of at least 4 members (excludes halogenated alkanes) is 2. The highest BCUT2D eigenvalue weighted by molar-refractivity contribution is 5.75. The van der Waals surface area contributed by atoms with Crippen molar-refractivity contribution in [2.75, 3.05) is 6.54 Å². The van der Waals surface area contributed by atoms with Gasteiger partial charge in [0.1, 0.15) is 5.78 Å². The minimum Gasteiger partial charge on any atom is -0.315 e. The topological polar surface area (TPSA) is 29.1 Å². The highest BCUT2D eigenvalue weighted by Gasteiger charge is 1.94. The molecule has 0 bridgehead atoms. The minimum absolute atomic E-state index is 0.312. The second kappa shape index (κ2) is 12.6. The normalized spacial score (nSPS) is 9.57. The third-order valence-electron chi connectivity index (χ3n) is 1.76. The van der Waals surface area contributed by atoms with Gasteiger partial charge in [0.05, 0.1) is 0 Å². The summed E-state index contributed by atoms with van der Waals surface area (Å²) in [5.74, 6) is 0.312. The Kier molecular flexibility index (Phi) is 14.5. The van der Waals surface area contributed by atoms with E-state index in [2.05, 4.69) is 19.2 Å². The number of carbonyl (C=O) groups is 1. The van der Waals surface area contributed by atoms with Gasteiger partial charge in [0, 0.05) is 12.5 Å². The van der Waals surface area contributed by atoms with E-state index in [-0.39, 0.29) is 0 Å². The summed E-state index contributed by atoms with van der Waals surface area (Å²) in [5.41, 5.74) is 0. The number of Topliss-reactive ketones (excluding diaryl/α,β-unsaturated/α-hetero) is 1. The van der Waals surface area contributed by atoms with E-state index in [9.17, 15) is 4.79 Å². The zero-order valence-corrected chi connectivity index (χ0v) is 10.5. The zero-order chi connectivity index (χ0) is 11.4. The maximum atomic E-state index is 10.6. The first-order chi connectivity index (χ1) is 6.63. The van der Waals surface area contributed by atoms with Crippen LogP contribution in [-0.2, 0) is 4.79 Å². The smallest absolute Gasteiger partial charge is 0.129 e. The second-order valence-electron chi connectivity index (χ2n) is 3.62. The summed E-state index contributed by atoms with van der Waals surface area (Å²) in [6.07, 6.45) is 4.15. The highest BCUT2D eigenvalue weighted by Crippen LogP contribution is 1.99. The van der Waals surface area contributed by atoms with Crippen molar-refractivity contribution in [3.05, 3.63) is 0 Å². The summed E-state index contributed by atoms with van der Waals surface area (Å²) in [6, 6.07) is 0.581. The van der Waals surface area contributed by atoms with E-state index in [1.807, 2.05) is 13.8 Å². The summed E-state index contributed by atoms with van der Waals surface area (Å²) in [6.45, 7) is 11.0. The molecule has 86 valence electrons. The monoisotopic (exact) mass is 201 g/mol. The molecule has 2 nitrogen and oxygen atoms in total. The van der Waals surface area contributed by atoms with Crippen LogP contribution in [0.3, 0.4) is 0 Å². The Bertz CT molecular complexity index is 121. The summed E-state index contributed by atoms with van der Waals surface area (Å²) < 4.78 is 0. The van der Waals surface area contributed by atoms with Crippen LogP contribution in [0.2, 0.25) is 0 Å². The molecule has 0 unspecified atom stereocenters. The number of rotatable bonds is 7. The molecular weight excluding hydrogens is 174 g/mol. The molecule has 0 aliphatic heterocycles. The molecule has 0 heterocycles. The highest BCUT2D eigenvalue weighted by atomic mass is 16.1. The summed E-state index contributed by atoms with van der Waals surface area (Å²) in [4.78, 5) is 10.6. The van der Waals surface area contributed by atoms with Crippen molar-refractivity contribution in [1.82, 2.24) is 5.32 Å². The van der Waals surface area contributed by atoms with E-state index in [1.165, 1.54) is 12.8 Å². The lowest BCUT2D eigenvalue weighted by Gasteiger charge is -2.06. The van der Waals surface area contributed by atoms with Crippen LogP contribution in [0, 0.1) is 0 Å². The minimum atomic E-state index is 0.312. The number of hydrogen-bond donors (Lipinski definition) is 1. The van der Waals surface area contributed by atoms with Gasteiger partial charge in [-0.3, -0.25) is 0 Å². The van der Waals surface area contributed by atoms with Gasteiger partial charge in [-0.25, -0.2) is 0 Å². The predicted octanol–water partition coefficient (Wildman–Crippen LogP) is 3.16. The summed E-state index contributed by atoms with van der Waals surface area (Å²) >= 11 is 0. The molecule has 14 heavy (non-hydrogen) atoms. The van der Waals surface area contributed by atoms with Gasteiger partial charge in [-0.1, -0.05) is 34.1 Å². The number of ketones is 1. The first-order valence-corrected chi connectivity index (χ1v) is 5.85. The molecule has 2 heteroatoms. The lowest BCUT2D eigenvalue weighted by Crippen LogP contribution is -2.23. The number of hydrogen-bond acceptors (Lipinski definition) is 2. The van der Waals surface area contributed by atoms with Crippen LogP contribution in [0.4, 0.5) is 0 Å². The van der Waals surface area contributed by atoms with Crippen LogP contribution in [0.15, 0.2) is 0 Å². The van der Waals surface area contributed by atoms with Gasteiger partial charge in [-0.15, -0.1) is 0 Å². The first-order valence-electron chi connectivity index (χ1n) is 5.85.